The molecule has 0 spiro atoms. The first-order valence-electron chi connectivity index (χ1n) is 19.9. The van der Waals surface area contributed by atoms with Crippen LogP contribution in [0.15, 0.2) is 0 Å². The summed E-state index contributed by atoms with van der Waals surface area (Å²) in [6.45, 7) is 2.60. The normalized spacial score (nSPS) is 27.7. The number of hydrogen-bond donors (Lipinski definition) is 0. The van der Waals surface area contributed by atoms with Gasteiger partial charge in [0.05, 0.1) is 0 Å². The molecule has 0 saturated carbocycles. The molecule has 5 atom stereocenters. The minimum absolute atomic E-state index is 0.0151. The van der Waals surface area contributed by atoms with Crippen LogP contribution in [0.4, 0.5) is 0 Å². The molecule has 0 bridgehead atoms. The van der Waals surface area contributed by atoms with Gasteiger partial charge in [-0.3, -0.25) is 17.3 Å². The van der Waals surface area contributed by atoms with Crippen LogP contribution in [0.5, 0.6) is 0 Å². The number of hydrogen-bond acceptors (Lipinski definition) is 15. The lowest BCUT2D eigenvalue weighted by molar-refractivity contribution is -0.158. The molecule has 0 aliphatic carbocycles. The van der Waals surface area contributed by atoms with Crippen molar-refractivity contribution >= 4 is 43.1 Å². The number of amides is 1. The molecular formula is C35H62NO15S3-3. The molecule has 0 aromatic heterocycles. The predicted molar refractivity (Wildman–Crippen MR) is 195 cm³/mol. The third kappa shape index (κ3) is 22.3. The number of ether oxygens (including phenoxy) is 1. The van der Waals surface area contributed by atoms with Gasteiger partial charge < -0.3 is 23.3 Å². The van der Waals surface area contributed by atoms with E-state index in [1.807, 2.05) is 6.92 Å². The Hall–Kier alpha value is -1.45. The minimum atomic E-state index is -5.60. The summed E-state index contributed by atoms with van der Waals surface area (Å²) in [5.41, 5.74) is 0. The molecular weight excluding hydrogens is 771 g/mol. The Labute approximate surface area is 323 Å². The summed E-state index contributed by atoms with van der Waals surface area (Å²) in [5, 5.41) is 0. The number of carbonyl (C=O) groups is 2. The molecule has 0 aromatic rings. The van der Waals surface area contributed by atoms with Gasteiger partial charge >= 0.3 is 5.97 Å². The summed E-state index contributed by atoms with van der Waals surface area (Å²) in [6.07, 6.45) is 10.7. The molecule has 2 aliphatic rings. The first-order valence-corrected chi connectivity index (χ1v) is 23.9. The second kappa shape index (κ2) is 25.7. The highest BCUT2D eigenvalue weighted by Crippen LogP contribution is 2.27. The van der Waals surface area contributed by atoms with E-state index in [-0.39, 0.29) is 43.7 Å². The van der Waals surface area contributed by atoms with E-state index in [1.165, 1.54) is 0 Å². The monoisotopic (exact) mass is 832 g/mol. The molecule has 0 N–H and O–H groups in total. The zero-order valence-electron chi connectivity index (χ0n) is 31.8. The average molecular weight is 833 g/mol. The lowest BCUT2D eigenvalue weighted by Crippen LogP contribution is -2.45. The third-order valence-electron chi connectivity index (χ3n) is 10.1. The van der Waals surface area contributed by atoms with Crippen molar-refractivity contribution in [2.75, 3.05) is 6.54 Å². The topological polar surface area (TPSA) is 246 Å². The molecule has 2 aliphatic heterocycles. The average Bonchev–Trinajstić information content (AvgIpc) is 3.56. The zero-order chi connectivity index (χ0) is 40.0. The maximum absolute atomic E-state index is 13.2. The zero-order valence-corrected chi connectivity index (χ0v) is 34.2. The van der Waals surface area contributed by atoms with Gasteiger partial charge in [-0.05, 0) is 51.4 Å². The van der Waals surface area contributed by atoms with Crippen molar-refractivity contribution in [3.63, 3.8) is 0 Å². The number of cyclic esters (lactones) is 1. The summed E-state index contributed by atoms with van der Waals surface area (Å²) >= 11 is 0. The predicted octanol–water partition coefficient (Wildman–Crippen LogP) is 5.82. The number of rotatable bonds is 8. The molecule has 318 valence electrons. The summed E-state index contributed by atoms with van der Waals surface area (Å²) < 4.78 is 124. The summed E-state index contributed by atoms with van der Waals surface area (Å²) in [6, 6.07) is -0.523. The van der Waals surface area contributed by atoms with Crippen molar-refractivity contribution in [2.45, 2.75) is 204 Å². The number of carbonyl (C=O) groups excluding carboxylic acids is 2. The van der Waals surface area contributed by atoms with Crippen molar-refractivity contribution in [1.29, 1.82) is 0 Å². The van der Waals surface area contributed by atoms with E-state index < -0.39 is 55.6 Å². The number of esters is 1. The molecule has 2 saturated heterocycles. The van der Waals surface area contributed by atoms with Crippen molar-refractivity contribution in [3.05, 3.63) is 0 Å². The maximum atomic E-state index is 13.2. The van der Waals surface area contributed by atoms with Crippen molar-refractivity contribution in [2.24, 2.45) is 0 Å². The van der Waals surface area contributed by atoms with Gasteiger partial charge in [0.1, 0.15) is 30.5 Å². The fraction of sp³-hybridized carbons (Fsp3) is 0.943. The summed E-state index contributed by atoms with van der Waals surface area (Å²) in [7, 11) is -16.6. The quantitative estimate of drug-likeness (QED) is 0.159. The minimum Gasteiger partial charge on any atom is -0.726 e. The molecule has 0 unspecified atom stereocenters. The Bertz CT molecular complexity index is 1410. The molecule has 1 amide bonds. The van der Waals surface area contributed by atoms with Crippen LogP contribution in [0, 0.1) is 0 Å². The first-order chi connectivity index (χ1) is 25.5. The van der Waals surface area contributed by atoms with Crippen LogP contribution in [-0.2, 0) is 58.1 Å². The molecule has 0 radical (unpaired) electrons. The van der Waals surface area contributed by atoms with E-state index in [1.54, 1.807) is 4.90 Å². The van der Waals surface area contributed by atoms with Crippen LogP contribution in [0.1, 0.15) is 174 Å². The van der Waals surface area contributed by atoms with Gasteiger partial charge in [0.25, 0.3) is 0 Å². The number of fused-ring (bicyclic) bond motifs is 1. The Morgan fingerprint density at radius 1 is 0.574 bits per heavy atom. The van der Waals surface area contributed by atoms with Gasteiger partial charge in [0, 0.05) is 13.0 Å². The maximum Gasteiger partial charge on any atom is 0.329 e. The molecule has 2 rings (SSSR count). The Morgan fingerprint density at radius 2 is 0.981 bits per heavy atom. The first kappa shape index (κ1) is 48.7. The van der Waals surface area contributed by atoms with Crippen LogP contribution in [0.3, 0.4) is 0 Å². The largest absolute Gasteiger partial charge is 0.726 e. The van der Waals surface area contributed by atoms with Gasteiger partial charge in [-0.1, -0.05) is 116 Å². The highest BCUT2D eigenvalue weighted by atomic mass is 32.3. The highest BCUT2D eigenvalue weighted by Gasteiger charge is 2.37. The Kier molecular flexibility index (Phi) is 23.2. The Balaban J connectivity index is 2.12. The molecule has 54 heavy (non-hydrogen) atoms. The second-order valence-corrected chi connectivity index (χ2v) is 17.7. The van der Waals surface area contributed by atoms with Gasteiger partial charge in [-0.2, -0.15) is 0 Å². The van der Waals surface area contributed by atoms with E-state index in [9.17, 15) is 48.5 Å². The van der Waals surface area contributed by atoms with Gasteiger partial charge in [-0.25, -0.2) is 30.0 Å². The Morgan fingerprint density at radius 3 is 1.41 bits per heavy atom. The SMILES string of the molecule is CCC[C@H]1CCCCCCCCC[C@H](OS(=O)(=O)[O-])[C@H](OS(=O)(=O)[O-])[C@@H](OS(=O)(=O)[O-])CCCCCCCCCCCCCC(=O)N2CCC[C@H]2C(=O)O1. The molecule has 16 nitrogen and oxygen atoms in total. The van der Waals surface area contributed by atoms with Crippen LogP contribution in [0.2, 0.25) is 0 Å². The van der Waals surface area contributed by atoms with Gasteiger partial charge in [-0.15, -0.1) is 0 Å². The van der Waals surface area contributed by atoms with Crippen LogP contribution in [-0.4, -0.2) is 92.7 Å². The summed E-state index contributed by atoms with van der Waals surface area (Å²) in [5.74, 6) is -0.309. The van der Waals surface area contributed by atoms with Crippen LogP contribution >= 0.6 is 0 Å². The molecule has 2 fully saturated rings. The number of nitrogens with zero attached hydrogens (tertiary/aromatic N) is 1. The van der Waals surface area contributed by atoms with Crippen molar-refractivity contribution in [3.8, 4) is 0 Å². The smallest absolute Gasteiger partial charge is 0.329 e. The molecule has 19 heteroatoms. The lowest BCUT2D eigenvalue weighted by atomic mass is 9.97. The van der Waals surface area contributed by atoms with Gasteiger partial charge in [0.15, 0.2) is 0 Å². The third-order valence-corrected chi connectivity index (χ3v) is 11.5. The van der Waals surface area contributed by atoms with E-state index in [4.69, 9.17) is 4.74 Å². The molecule has 0 aromatic carbocycles. The van der Waals surface area contributed by atoms with Crippen LogP contribution in [0.25, 0.3) is 0 Å². The van der Waals surface area contributed by atoms with E-state index in [2.05, 4.69) is 12.5 Å². The van der Waals surface area contributed by atoms with Crippen LogP contribution < -0.4 is 0 Å². The lowest BCUT2D eigenvalue weighted by Gasteiger charge is -2.34. The van der Waals surface area contributed by atoms with Crippen molar-refractivity contribution < 1.29 is 65.8 Å². The highest BCUT2D eigenvalue weighted by molar-refractivity contribution is 7.81. The fourth-order valence-electron chi connectivity index (χ4n) is 7.43. The van der Waals surface area contributed by atoms with Crippen molar-refractivity contribution in [1.82, 2.24) is 4.90 Å². The van der Waals surface area contributed by atoms with Gasteiger partial charge in [0.2, 0.25) is 37.1 Å². The van der Waals surface area contributed by atoms with E-state index in [0.717, 1.165) is 96.3 Å². The van der Waals surface area contributed by atoms with E-state index in [0.29, 0.717) is 51.5 Å². The van der Waals surface area contributed by atoms with E-state index >= 15 is 0 Å². The fourth-order valence-corrected chi connectivity index (χ4v) is 8.97. The standard InChI is InChI=1S/C35H65NO15S3/c1-2-22-29-23-17-13-9-8-11-15-19-26-32(50-53(42,43)44)34(51-54(45,46)47)31(49-52(39,40)41)25-18-14-10-6-4-3-5-7-12-16-20-27-33(37)36-28-21-24-30(36)35(38)48-29/h29-32,34H,2-28H2,1H3,(H,39,40,41)(H,42,43,44)(H,45,46,47)/p-3/t29-,30-,31-,32-,34+/m0/s1. The molecule has 2 heterocycles. The second-order valence-electron chi connectivity index (χ2n) is 14.6. The summed E-state index contributed by atoms with van der Waals surface area (Å²) in [4.78, 5) is 27.9.